The predicted molar refractivity (Wildman–Crippen MR) is 122 cm³/mol. The lowest BCUT2D eigenvalue weighted by atomic mass is 9.92. The molecule has 0 saturated heterocycles. The van der Waals surface area contributed by atoms with Crippen LogP contribution in [0.3, 0.4) is 0 Å². The number of ether oxygens (including phenoxy) is 3. The van der Waals surface area contributed by atoms with Crippen LogP contribution in [0.2, 0.25) is 0 Å². The molecule has 6 nitrogen and oxygen atoms in total. The van der Waals surface area contributed by atoms with Gasteiger partial charge < -0.3 is 19.5 Å². The summed E-state index contributed by atoms with van der Waals surface area (Å²) in [5.74, 6) is 1.07. The summed E-state index contributed by atoms with van der Waals surface area (Å²) in [5.41, 5.74) is 3.85. The van der Waals surface area contributed by atoms with E-state index in [0.29, 0.717) is 17.9 Å². The summed E-state index contributed by atoms with van der Waals surface area (Å²) in [7, 11) is 3.15. The summed E-state index contributed by atoms with van der Waals surface area (Å²) in [6.45, 7) is 8.03. The van der Waals surface area contributed by atoms with Gasteiger partial charge in [-0.25, -0.2) is 0 Å². The largest absolute Gasteiger partial charge is 0.497 e. The number of hydrogen-bond donors (Lipinski definition) is 1. The van der Waals surface area contributed by atoms with Crippen LogP contribution in [0.5, 0.6) is 11.5 Å². The Kier molecular flexibility index (Phi) is 8.91. The van der Waals surface area contributed by atoms with E-state index >= 15 is 0 Å². The van der Waals surface area contributed by atoms with E-state index < -0.39 is 5.97 Å². The maximum absolute atomic E-state index is 12.5. The minimum absolute atomic E-state index is 0.156. The van der Waals surface area contributed by atoms with Gasteiger partial charge in [-0.3, -0.25) is 9.59 Å². The fourth-order valence-corrected chi connectivity index (χ4v) is 3.35. The first kappa shape index (κ1) is 24.3. The molecule has 0 aliphatic rings. The highest BCUT2D eigenvalue weighted by molar-refractivity contribution is 5.94. The number of benzene rings is 2. The van der Waals surface area contributed by atoms with Gasteiger partial charge in [0.15, 0.2) is 6.61 Å². The Hall–Kier alpha value is -3.02. The third kappa shape index (κ3) is 7.02. The normalized spacial score (nSPS) is 10.8. The van der Waals surface area contributed by atoms with Crippen LogP contribution in [-0.4, -0.2) is 32.7 Å². The second kappa shape index (κ2) is 11.4. The Bertz CT molecular complexity index is 856. The standard InChI is InChI=1S/C25H33NO5/c1-16(2)21-8-7-9-22(17(3)4)25(21)26-23(27)15-31-24(28)11-10-18-12-19(29-5)14-20(13-18)30-6/h7-9,12-14,16-17H,10-11,15H2,1-6H3,(H,26,27). The highest BCUT2D eigenvalue weighted by Gasteiger charge is 2.17. The molecule has 0 atom stereocenters. The van der Waals surface area contributed by atoms with Crippen LogP contribution in [0.4, 0.5) is 5.69 Å². The Morgan fingerprint density at radius 3 is 1.94 bits per heavy atom. The summed E-state index contributed by atoms with van der Waals surface area (Å²) in [6, 6.07) is 11.5. The summed E-state index contributed by atoms with van der Waals surface area (Å²) in [5, 5.41) is 2.95. The number of anilines is 1. The molecule has 2 aromatic rings. The van der Waals surface area contributed by atoms with Crippen molar-refractivity contribution < 1.29 is 23.8 Å². The van der Waals surface area contributed by atoms with E-state index in [1.54, 1.807) is 20.3 Å². The number of para-hydroxylation sites is 1. The van der Waals surface area contributed by atoms with Crippen LogP contribution in [0, 0.1) is 0 Å². The van der Waals surface area contributed by atoms with E-state index in [0.717, 1.165) is 22.4 Å². The third-order valence-electron chi connectivity index (χ3n) is 5.03. The quantitative estimate of drug-likeness (QED) is 0.536. The van der Waals surface area contributed by atoms with E-state index in [9.17, 15) is 9.59 Å². The molecular formula is C25H33NO5. The molecule has 0 unspecified atom stereocenters. The Labute approximate surface area is 184 Å². The Morgan fingerprint density at radius 2 is 1.45 bits per heavy atom. The van der Waals surface area contributed by atoms with Gasteiger partial charge in [0.1, 0.15) is 11.5 Å². The van der Waals surface area contributed by atoms with Crippen LogP contribution >= 0.6 is 0 Å². The van der Waals surface area contributed by atoms with Crippen molar-refractivity contribution in [1.82, 2.24) is 0 Å². The van der Waals surface area contributed by atoms with Gasteiger partial charge in [0.25, 0.3) is 5.91 Å². The van der Waals surface area contributed by atoms with Gasteiger partial charge in [0.2, 0.25) is 0 Å². The summed E-state index contributed by atoms with van der Waals surface area (Å²) in [4.78, 5) is 24.7. The number of nitrogens with one attached hydrogen (secondary N) is 1. The van der Waals surface area contributed by atoms with Crippen molar-refractivity contribution in [2.24, 2.45) is 0 Å². The molecule has 2 aromatic carbocycles. The van der Waals surface area contributed by atoms with Gasteiger partial charge in [-0.15, -0.1) is 0 Å². The smallest absolute Gasteiger partial charge is 0.306 e. The van der Waals surface area contributed by atoms with E-state index in [4.69, 9.17) is 14.2 Å². The average molecular weight is 428 g/mol. The number of carbonyl (C=O) groups excluding carboxylic acids is 2. The lowest BCUT2D eigenvalue weighted by molar-refractivity contribution is -0.147. The molecule has 0 aromatic heterocycles. The molecule has 0 bridgehead atoms. The van der Waals surface area contributed by atoms with Crippen molar-refractivity contribution in [2.75, 3.05) is 26.1 Å². The maximum atomic E-state index is 12.5. The number of methoxy groups -OCH3 is 2. The number of amides is 1. The first-order valence-corrected chi connectivity index (χ1v) is 10.5. The topological polar surface area (TPSA) is 73.9 Å². The second-order valence-electron chi connectivity index (χ2n) is 8.05. The summed E-state index contributed by atoms with van der Waals surface area (Å²) < 4.78 is 15.7. The van der Waals surface area contributed by atoms with Crippen LogP contribution in [-0.2, 0) is 20.7 Å². The molecule has 1 amide bonds. The molecule has 2 rings (SSSR count). The number of hydrogen-bond acceptors (Lipinski definition) is 5. The third-order valence-corrected chi connectivity index (χ3v) is 5.03. The molecule has 0 fully saturated rings. The predicted octanol–water partition coefficient (Wildman–Crippen LogP) is 5.07. The van der Waals surface area contributed by atoms with Crippen molar-refractivity contribution >= 4 is 17.6 Å². The highest BCUT2D eigenvalue weighted by Crippen LogP contribution is 2.32. The van der Waals surface area contributed by atoms with Gasteiger partial charge in [0.05, 0.1) is 14.2 Å². The zero-order valence-corrected chi connectivity index (χ0v) is 19.3. The van der Waals surface area contributed by atoms with Crippen molar-refractivity contribution in [3.63, 3.8) is 0 Å². The Balaban J connectivity index is 1.94. The summed E-state index contributed by atoms with van der Waals surface area (Å²) in [6.07, 6.45) is 0.616. The number of aryl methyl sites for hydroxylation is 1. The molecule has 0 aliphatic heterocycles. The van der Waals surface area contributed by atoms with Crippen LogP contribution in [0.25, 0.3) is 0 Å². The molecule has 31 heavy (non-hydrogen) atoms. The minimum atomic E-state index is -0.432. The highest BCUT2D eigenvalue weighted by atomic mass is 16.5. The van der Waals surface area contributed by atoms with Gasteiger partial charge >= 0.3 is 5.97 Å². The molecule has 168 valence electrons. The van der Waals surface area contributed by atoms with Gasteiger partial charge in [0, 0.05) is 18.2 Å². The molecule has 0 radical (unpaired) electrons. The number of esters is 1. The lowest BCUT2D eigenvalue weighted by Crippen LogP contribution is -2.22. The molecule has 0 heterocycles. The van der Waals surface area contributed by atoms with Crippen LogP contribution in [0.1, 0.15) is 62.6 Å². The van der Waals surface area contributed by atoms with Crippen LogP contribution in [0.15, 0.2) is 36.4 Å². The van der Waals surface area contributed by atoms with Crippen LogP contribution < -0.4 is 14.8 Å². The van der Waals surface area contributed by atoms with Gasteiger partial charge in [-0.05, 0) is 47.1 Å². The fraction of sp³-hybridized carbons (Fsp3) is 0.440. The molecule has 0 spiro atoms. The van der Waals surface area contributed by atoms with Crippen molar-refractivity contribution in [3.8, 4) is 11.5 Å². The molecule has 6 heteroatoms. The SMILES string of the molecule is COc1cc(CCC(=O)OCC(=O)Nc2c(C(C)C)cccc2C(C)C)cc(OC)c1. The molecule has 0 saturated carbocycles. The van der Waals surface area contributed by atoms with E-state index in [1.165, 1.54) is 0 Å². The first-order valence-electron chi connectivity index (χ1n) is 10.5. The average Bonchev–Trinajstić information content (AvgIpc) is 2.75. The summed E-state index contributed by atoms with van der Waals surface area (Å²) >= 11 is 0. The molecular weight excluding hydrogens is 394 g/mol. The maximum Gasteiger partial charge on any atom is 0.306 e. The zero-order chi connectivity index (χ0) is 23.0. The first-order chi connectivity index (χ1) is 14.7. The van der Waals surface area contributed by atoms with E-state index in [1.807, 2.05) is 30.3 Å². The minimum Gasteiger partial charge on any atom is -0.497 e. The molecule has 1 N–H and O–H groups in total. The monoisotopic (exact) mass is 427 g/mol. The van der Waals surface area contributed by atoms with E-state index in [2.05, 4.69) is 33.0 Å². The zero-order valence-electron chi connectivity index (χ0n) is 19.3. The van der Waals surface area contributed by atoms with Gasteiger partial charge in [-0.1, -0.05) is 45.9 Å². The van der Waals surface area contributed by atoms with E-state index in [-0.39, 0.29) is 30.8 Å². The van der Waals surface area contributed by atoms with Gasteiger partial charge in [-0.2, -0.15) is 0 Å². The lowest BCUT2D eigenvalue weighted by Gasteiger charge is -2.20. The second-order valence-corrected chi connectivity index (χ2v) is 8.05. The Morgan fingerprint density at radius 1 is 0.903 bits per heavy atom. The van der Waals surface area contributed by atoms with Crippen molar-refractivity contribution in [1.29, 1.82) is 0 Å². The number of carbonyl (C=O) groups is 2. The number of rotatable bonds is 10. The molecule has 0 aliphatic carbocycles. The van der Waals surface area contributed by atoms with Crippen molar-refractivity contribution in [3.05, 3.63) is 53.1 Å². The van der Waals surface area contributed by atoms with Crippen molar-refractivity contribution in [2.45, 2.75) is 52.4 Å². The fourth-order valence-electron chi connectivity index (χ4n) is 3.35.